The lowest BCUT2D eigenvalue weighted by molar-refractivity contribution is 0.578. The maximum Gasteiger partial charge on any atom is 0.241 e. The Balaban J connectivity index is 2.35. The Kier molecular flexibility index (Phi) is 4.93. The van der Waals surface area contributed by atoms with Crippen molar-refractivity contribution in [3.63, 3.8) is 0 Å². The maximum absolute atomic E-state index is 12.3. The summed E-state index contributed by atoms with van der Waals surface area (Å²) in [5, 5.41) is 1.49. The van der Waals surface area contributed by atoms with Gasteiger partial charge in [-0.1, -0.05) is 23.7 Å². The molecule has 0 fully saturated rings. The van der Waals surface area contributed by atoms with E-state index in [0.717, 1.165) is 6.42 Å². The van der Waals surface area contributed by atoms with E-state index in [-0.39, 0.29) is 4.90 Å². The van der Waals surface area contributed by atoms with Gasteiger partial charge in [-0.25, -0.2) is 18.1 Å². The van der Waals surface area contributed by atoms with E-state index < -0.39 is 10.0 Å². The van der Waals surface area contributed by atoms with Crippen molar-refractivity contribution in [1.82, 2.24) is 9.71 Å². The summed E-state index contributed by atoms with van der Waals surface area (Å²) in [6.07, 6.45) is 2.99. The highest BCUT2D eigenvalue weighted by Crippen LogP contribution is 2.26. The molecular formula is C13H16ClN3O2S. The molecule has 7 heteroatoms. The van der Waals surface area contributed by atoms with Gasteiger partial charge in [-0.3, -0.25) is 0 Å². The first-order chi connectivity index (χ1) is 9.56. The average molecular weight is 314 g/mol. The molecule has 0 saturated heterocycles. The van der Waals surface area contributed by atoms with Crippen LogP contribution in [-0.2, 0) is 10.0 Å². The Morgan fingerprint density at radius 3 is 2.75 bits per heavy atom. The number of nitrogens with two attached hydrogens (primary N) is 1. The number of hydrogen-bond donors (Lipinski definition) is 2. The third kappa shape index (κ3) is 3.27. The van der Waals surface area contributed by atoms with Crippen LogP contribution in [0.5, 0.6) is 0 Å². The zero-order valence-electron chi connectivity index (χ0n) is 10.8. The van der Waals surface area contributed by atoms with Crippen LogP contribution in [0.3, 0.4) is 0 Å². The highest BCUT2D eigenvalue weighted by Gasteiger charge is 2.17. The highest BCUT2D eigenvalue weighted by molar-refractivity contribution is 7.89. The molecule has 2 aromatic rings. The van der Waals surface area contributed by atoms with Crippen molar-refractivity contribution in [1.29, 1.82) is 0 Å². The summed E-state index contributed by atoms with van der Waals surface area (Å²) in [6, 6.07) is 6.61. The summed E-state index contributed by atoms with van der Waals surface area (Å²) >= 11 is 5.98. The number of benzene rings is 1. The predicted molar refractivity (Wildman–Crippen MR) is 80.2 cm³/mol. The molecule has 0 bridgehead atoms. The fraction of sp³-hybridized carbons (Fsp3) is 0.308. The number of fused-ring (bicyclic) bond motifs is 1. The van der Waals surface area contributed by atoms with Gasteiger partial charge < -0.3 is 5.73 Å². The van der Waals surface area contributed by atoms with Gasteiger partial charge in [0.2, 0.25) is 10.0 Å². The lowest BCUT2D eigenvalue weighted by Crippen LogP contribution is -2.25. The zero-order chi connectivity index (χ0) is 14.6. The number of nitrogens with zero attached hydrogens (tertiary/aromatic N) is 1. The third-order valence-corrected chi connectivity index (χ3v) is 4.75. The van der Waals surface area contributed by atoms with Gasteiger partial charge in [0.15, 0.2) is 0 Å². The van der Waals surface area contributed by atoms with Crippen molar-refractivity contribution in [2.45, 2.75) is 17.7 Å². The van der Waals surface area contributed by atoms with Gasteiger partial charge in [0.05, 0.1) is 4.90 Å². The van der Waals surface area contributed by atoms with Gasteiger partial charge in [-0.05, 0) is 31.5 Å². The van der Waals surface area contributed by atoms with E-state index in [9.17, 15) is 8.42 Å². The molecular weight excluding hydrogens is 298 g/mol. The van der Waals surface area contributed by atoms with Crippen LogP contribution in [-0.4, -0.2) is 26.5 Å². The smallest absolute Gasteiger partial charge is 0.241 e. The Bertz CT molecular complexity index is 704. The first kappa shape index (κ1) is 15.2. The van der Waals surface area contributed by atoms with Crippen molar-refractivity contribution < 1.29 is 8.42 Å². The lowest BCUT2D eigenvalue weighted by atomic mass is 10.2. The van der Waals surface area contributed by atoms with E-state index >= 15 is 0 Å². The molecule has 20 heavy (non-hydrogen) atoms. The Morgan fingerprint density at radius 1 is 1.20 bits per heavy atom. The lowest BCUT2D eigenvalue weighted by Gasteiger charge is -2.09. The summed E-state index contributed by atoms with van der Waals surface area (Å²) in [4.78, 5) is 4.17. The molecule has 0 aliphatic rings. The number of rotatable bonds is 6. The summed E-state index contributed by atoms with van der Waals surface area (Å²) in [5.41, 5.74) is 5.38. The van der Waals surface area contributed by atoms with Crippen LogP contribution in [0.1, 0.15) is 12.8 Å². The Labute approximate surface area is 123 Å². The molecule has 0 radical (unpaired) electrons. The van der Waals surface area contributed by atoms with E-state index in [2.05, 4.69) is 9.71 Å². The summed E-state index contributed by atoms with van der Waals surface area (Å²) in [6.45, 7) is 0.923. The van der Waals surface area contributed by atoms with Gasteiger partial charge >= 0.3 is 0 Å². The molecule has 1 aromatic heterocycles. The second-order valence-electron chi connectivity index (χ2n) is 4.35. The number of pyridine rings is 1. The monoisotopic (exact) mass is 313 g/mol. The SMILES string of the molecule is NCCCCNS(=O)(=O)c1cccc2c(Cl)nccc12. The van der Waals surface area contributed by atoms with Gasteiger partial charge in [-0.2, -0.15) is 0 Å². The molecule has 0 aliphatic heterocycles. The van der Waals surface area contributed by atoms with Crippen LogP contribution in [0.2, 0.25) is 5.15 Å². The molecule has 0 spiro atoms. The number of unbranched alkanes of at least 4 members (excludes halogenated alkanes) is 1. The van der Waals surface area contributed by atoms with Crippen LogP contribution >= 0.6 is 11.6 Å². The van der Waals surface area contributed by atoms with Crippen LogP contribution in [0.25, 0.3) is 10.8 Å². The molecule has 0 amide bonds. The average Bonchev–Trinajstić information content (AvgIpc) is 2.43. The molecule has 1 heterocycles. The number of hydrogen-bond acceptors (Lipinski definition) is 4. The second kappa shape index (κ2) is 6.49. The quantitative estimate of drug-likeness (QED) is 0.630. The van der Waals surface area contributed by atoms with Crippen molar-refractivity contribution in [2.24, 2.45) is 5.73 Å². The summed E-state index contributed by atoms with van der Waals surface area (Å²) in [5.74, 6) is 0. The standard InChI is InChI=1S/C13H16ClN3O2S/c14-13-11-4-3-5-12(10(11)6-9-16-13)20(18,19)17-8-2-1-7-15/h3-6,9,17H,1-2,7-8,15H2. The van der Waals surface area contributed by atoms with E-state index in [4.69, 9.17) is 17.3 Å². The first-order valence-corrected chi connectivity index (χ1v) is 8.15. The van der Waals surface area contributed by atoms with E-state index in [1.54, 1.807) is 24.3 Å². The van der Waals surface area contributed by atoms with Crippen LogP contribution in [0.4, 0.5) is 0 Å². The van der Waals surface area contributed by atoms with Gasteiger partial charge in [0.25, 0.3) is 0 Å². The molecule has 5 nitrogen and oxygen atoms in total. The van der Waals surface area contributed by atoms with Crippen molar-refractivity contribution in [3.8, 4) is 0 Å². The normalized spacial score (nSPS) is 11.9. The zero-order valence-corrected chi connectivity index (χ0v) is 12.4. The summed E-state index contributed by atoms with van der Waals surface area (Å²) in [7, 11) is -3.56. The molecule has 1 aromatic carbocycles. The molecule has 2 rings (SSSR count). The van der Waals surface area contributed by atoms with Crippen LogP contribution in [0.15, 0.2) is 35.4 Å². The van der Waals surface area contributed by atoms with Crippen LogP contribution < -0.4 is 10.5 Å². The minimum absolute atomic E-state index is 0.215. The predicted octanol–water partition coefficient (Wildman–Crippen LogP) is 1.91. The second-order valence-corrected chi connectivity index (χ2v) is 6.44. The molecule has 0 aliphatic carbocycles. The van der Waals surface area contributed by atoms with Crippen molar-refractivity contribution >= 4 is 32.4 Å². The third-order valence-electron chi connectivity index (χ3n) is 2.93. The van der Waals surface area contributed by atoms with E-state index in [0.29, 0.717) is 35.4 Å². The fourth-order valence-corrected chi connectivity index (χ4v) is 3.45. The number of nitrogens with one attached hydrogen (secondary N) is 1. The largest absolute Gasteiger partial charge is 0.330 e. The van der Waals surface area contributed by atoms with Crippen molar-refractivity contribution in [2.75, 3.05) is 13.1 Å². The first-order valence-electron chi connectivity index (χ1n) is 6.29. The molecule has 0 atom stereocenters. The van der Waals surface area contributed by atoms with E-state index in [1.165, 1.54) is 6.20 Å². The van der Waals surface area contributed by atoms with Gasteiger partial charge in [0.1, 0.15) is 5.15 Å². The molecule has 108 valence electrons. The number of aromatic nitrogens is 1. The number of halogens is 1. The topological polar surface area (TPSA) is 85.1 Å². The highest BCUT2D eigenvalue weighted by atomic mass is 35.5. The minimum atomic E-state index is -3.56. The van der Waals surface area contributed by atoms with Crippen LogP contribution in [0, 0.1) is 0 Å². The molecule has 0 unspecified atom stereocenters. The van der Waals surface area contributed by atoms with Gasteiger partial charge in [-0.15, -0.1) is 0 Å². The fourth-order valence-electron chi connectivity index (χ4n) is 1.93. The minimum Gasteiger partial charge on any atom is -0.330 e. The van der Waals surface area contributed by atoms with Crippen molar-refractivity contribution in [3.05, 3.63) is 35.6 Å². The maximum atomic E-state index is 12.3. The summed E-state index contributed by atoms with van der Waals surface area (Å²) < 4.78 is 27.2. The molecule has 3 N–H and O–H groups in total. The van der Waals surface area contributed by atoms with Gasteiger partial charge in [0, 0.05) is 23.5 Å². The van der Waals surface area contributed by atoms with E-state index in [1.807, 2.05) is 0 Å². The Morgan fingerprint density at radius 2 is 2.00 bits per heavy atom. The molecule has 0 saturated carbocycles. The Hall–Kier alpha value is -1.21. The number of sulfonamides is 1.